The quantitative estimate of drug-likeness (QED) is 0.821. The summed E-state index contributed by atoms with van der Waals surface area (Å²) in [5, 5.41) is 0. The second-order valence-corrected chi connectivity index (χ2v) is 4.75. The first kappa shape index (κ1) is 13.3. The van der Waals surface area contributed by atoms with Crippen LogP contribution in [0.25, 0.3) is 12.2 Å². The molecule has 0 aliphatic rings. The van der Waals surface area contributed by atoms with Crippen molar-refractivity contribution in [3.63, 3.8) is 0 Å². The number of benzene rings is 1. The summed E-state index contributed by atoms with van der Waals surface area (Å²) < 4.78 is 0. The molecule has 0 N–H and O–H groups in total. The van der Waals surface area contributed by atoms with Crippen LogP contribution in [0.15, 0.2) is 42.6 Å². The molecule has 2 rings (SSSR count). The van der Waals surface area contributed by atoms with E-state index in [1.54, 1.807) is 0 Å². The molecule has 0 saturated carbocycles. The van der Waals surface area contributed by atoms with E-state index >= 15 is 0 Å². The molecule has 0 aliphatic carbocycles. The van der Waals surface area contributed by atoms with E-state index in [9.17, 15) is 0 Å². The maximum absolute atomic E-state index is 4.30. The fourth-order valence-electron chi connectivity index (χ4n) is 1.87. The number of pyridine rings is 1. The Bertz CT molecular complexity index is 554. The van der Waals surface area contributed by atoms with Crippen LogP contribution in [-0.2, 0) is 6.42 Å². The molecule has 2 heteroatoms. The molecule has 1 aromatic carbocycles. The highest BCUT2D eigenvalue weighted by molar-refractivity contribution is 5.70. The van der Waals surface area contributed by atoms with Crippen molar-refractivity contribution in [3.05, 3.63) is 59.4 Å². The number of aryl methyl sites for hydroxylation is 1. The minimum atomic E-state index is 0.971. The van der Waals surface area contributed by atoms with E-state index < -0.39 is 0 Å². The summed E-state index contributed by atoms with van der Waals surface area (Å²) in [5.74, 6) is 0. The van der Waals surface area contributed by atoms with Crippen LogP contribution in [0.3, 0.4) is 0 Å². The van der Waals surface area contributed by atoms with E-state index in [1.807, 2.05) is 26.4 Å². The summed E-state index contributed by atoms with van der Waals surface area (Å²) in [6.45, 7) is 2.12. The van der Waals surface area contributed by atoms with Crippen LogP contribution in [0.2, 0.25) is 0 Å². The monoisotopic (exact) mass is 252 g/mol. The molecule has 1 aromatic heterocycles. The van der Waals surface area contributed by atoms with Gasteiger partial charge in [-0.25, -0.2) is 0 Å². The number of hydrogen-bond acceptors (Lipinski definition) is 2. The topological polar surface area (TPSA) is 16.1 Å². The van der Waals surface area contributed by atoms with Gasteiger partial charge in [0, 0.05) is 31.7 Å². The Morgan fingerprint density at radius 2 is 1.68 bits per heavy atom. The molecular formula is C17H20N2. The molecule has 0 amide bonds. The number of hydrogen-bond donors (Lipinski definition) is 0. The number of nitrogens with zero attached hydrogens (tertiary/aromatic N) is 2. The molecule has 0 atom stereocenters. The Morgan fingerprint density at radius 3 is 2.32 bits per heavy atom. The first-order valence-corrected chi connectivity index (χ1v) is 6.59. The predicted octanol–water partition coefficient (Wildman–Crippen LogP) is 3.88. The Kier molecular flexibility index (Phi) is 4.35. The molecule has 0 saturated heterocycles. The van der Waals surface area contributed by atoms with Crippen LogP contribution in [0, 0.1) is 0 Å². The SMILES string of the molecule is CCc1cc(C=Cc2ccc(N(C)C)cc2)ccn1. The highest BCUT2D eigenvalue weighted by Crippen LogP contribution is 2.14. The van der Waals surface area contributed by atoms with E-state index in [0.29, 0.717) is 0 Å². The number of rotatable bonds is 4. The largest absolute Gasteiger partial charge is 0.378 e. The van der Waals surface area contributed by atoms with Gasteiger partial charge in [-0.05, 0) is 41.8 Å². The fraction of sp³-hybridized carbons (Fsp3) is 0.235. The highest BCUT2D eigenvalue weighted by Gasteiger charge is 1.94. The summed E-state index contributed by atoms with van der Waals surface area (Å²) in [5.41, 5.74) is 4.75. The summed E-state index contributed by atoms with van der Waals surface area (Å²) in [4.78, 5) is 6.41. The minimum absolute atomic E-state index is 0.971. The third kappa shape index (κ3) is 3.68. The van der Waals surface area contributed by atoms with Crippen LogP contribution in [0.5, 0.6) is 0 Å². The summed E-state index contributed by atoms with van der Waals surface area (Å²) >= 11 is 0. The normalized spacial score (nSPS) is 10.9. The second-order valence-electron chi connectivity index (χ2n) is 4.75. The Hall–Kier alpha value is -2.09. The highest BCUT2D eigenvalue weighted by atomic mass is 15.1. The first-order chi connectivity index (χ1) is 9.19. The van der Waals surface area contributed by atoms with Gasteiger partial charge in [0.05, 0.1) is 0 Å². The minimum Gasteiger partial charge on any atom is -0.378 e. The van der Waals surface area contributed by atoms with Crippen molar-refractivity contribution in [1.82, 2.24) is 4.98 Å². The van der Waals surface area contributed by atoms with Gasteiger partial charge in [0.1, 0.15) is 0 Å². The lowest BCUT2D eigenvalue weighted by atomic mass is 10.1. The molecule has 1 heterocycles. The molecule has 2 aromatic rings. The molecular weight excluding hydrogens is 232 g/mol. The van der Waals surface area contributed by atoms with Crippen LogP contribution in [0.4, 0.5) is 5.69 Å². The zero-order chi connectivity index (χ0) is 13.7. The van der Waals surface area contributed by atoms with E-state index in [4.69, 9.17) is 0 Å². The average molecular weight is 252 g/mol. The van der Waals surface area contributed by atoms with Gasteiger partial charge in [0.15, 0.2) is 0 Å². The molecule has 0 spiro atoms. The van der Waals surface area contributed by atoms with Crippen molar-refractivity contribution in [2.75, 3.05) is 19.0 Å². The Labute approximate surface area is 115 Å². The zero-order valence-electron chi connectivity index (χ0n) is 11.8. The van der Waals surface area contributed by atoms with Gasteiger partial charge < -0.3 is 4.90 Å². The van der Waals surface area contributed by atoms with E-state index in [0.717, 1.165) is 12.1 Å². The van der Waals surface area contributed by atoms with Gasteiger partial charge in [-0.15, -0.1) is 0 Å². The number of anilines is 1. The van der Waals surface area contributed by atoms with Gasteiger partial charge in [0.2, 0.25) is 0 Å². The summed E-state index contributed by atoms with van der Waals surface area (Å²) in [6, 6.07) is 12.7. The maximum atomic E-state index is 4.30. The third-order valence-corrected chi connectivity index (χ3v) is 3.08. The fourth-order valence-corrected chi connectivity index (χ4v) is 1.87. The van der Waals surface area contributed by atoms with Crippen molar-refractivity contribution in [3.8, 4) is 0 Å². The summed E-state index contributed by atoms with van der Waals surface area (Å²) in [7, 11) is 4.10. The van der Waals surface area contributed by atoms with Gasteiger partial charge >= 0.3 is 0 Å². The standard InChI is InChI=1S/C17H20N2/c1-4-16-13-15(11-12-18-16)6-5-14-7-9-17(10-8-14)19(2)3/h5-13H,4H2,1-3H3. The Balaban J connectivity index is 2.13. The number of aromatic nitrogens is 1. The molecule has 0 radical (unpaired) electrons. The van der Waals surface area contributed by atoms with Crippen LogP contribution in [-0.4, -0.2) is 19.1 Å². The predicted molar refractivity (Wildman–Crippen MR) is 83.3 cm³/mol. The van der Waals surface area contributed by atoms with E-state index in [2.05, 4.69) is 59.3 Å². The maximum Gasteiger partial charge on any atom is 0.0406 e. The van der Waals surface area contributed by atoms with Crippen molar-refractivity contribution in [2.24, 2.45) is 0 Å². The molecule has 0 bridgehead atoms. The lowest BCUT2D eigenvalue weighted by Crippen LogP contribution is -2.07. The van der Waals surface area contributed by atoms with E-state index in [-0.39, 0.29) is 0 Å². The summed E-state index contributed by atoms with van der Waals surface area (Å²) in [6.07, 6.45) is 7.10. The molecule has 0 aliphatic heterocycles. The van der Waals surface area contributed by atoms with Crippen LogP contribution in [0.1, 0.15) is 23.7 Å². The second kappa shape index (κ2) is 6.19. The molecule has 98 valence electrons. The van der Waals surface area contributed by atoms with Crippen LogP contribution < -0.4 is 4.90 Å². The van der Waals surface area contributed by atoms with Crippen molar-refractivity contribution in [1.29, 1.82) is 0 Å². The first-order valence-electron chi connectivity index (χ1n) is 6.59. The molecule has 0 unspecified atom stereocenters. The lowest BCUT2D eigenvalue weighted by molar-refractivity contribution is 1.03. The third-order valence-electron chi connectivity index (χ3n) is 3.08. The van der Waals surface area contributed by atoms with Crippen LogP contribution >= 0.6 is 0 Å². The van der Waals surface area contributed by atoms with Gasteiger partial charge in [-0.1, -0.05) is 31.2 Å². The van der Waals surface area contributed by atoms with E-state index in [1.165, 1.54) is 16.8 Å². The van der Waals surface area contributed by atoms with Gasteiger partial charge in [-0.2, -0.15) is 0 Å². The molecule has 2 nitrogen and oxygen atoms in total. The van der Waals surface area contributed by atoms with Gasteiger partial charge in [-0.3, -0.25) is 4.98 Å². The molecule has 19 heavy (non-hydrogen) atoms. The van der Waals surface area contributed by atoms with Crippen molar-refractivity contribution in [2.45, 2.75) is 13.3 Å². The van der Waals surface area contributed by atoms with Crippen molar-refractivity contribution >= 4 is 17.8 Å². The zero-order valence-corrected chi connectivity index (χ0v) is 11.8. The lowest BCUT2D eigenvalue weighted by Gasteiger charge is -2.11. The molecule has 0 fully saturated rings. The van der Waals surface area contributed by atoms with Crippen molar-refractivity contribution < 1.29 is 0 Å². The average Bonchev–Trinajstić information content (AvgIpc) is 2.46. The Morgan fingerprint density at radius 1 is 1.00 bits per heavy atom. The smallest absolute Gasteiger partial charge is 0.0406 e. The van der Waals surface area contributed by atoms with Gasteiger partial charge in [0.25, 0.3) is 0 Å².